The van der Waals surface area contributed by atoms with E-state index >= 15 is 0 Å². The van der Waals surface area contributed by atoms with Gasteiger partial charge in [0.1, 0.15) is 0 Å². The van der Waals surface area contributed by atoms with Crippen LogP contribution in [0.3, 0.4) is 0 Å². The molecule has 0 heterocycles. The highest BCUT2D eigenvalue weighted by Crippen LogP contribution is 2.47. The SMILES string of the molecule is O=C(N/N=C/c1ccccc1)[C@@H]1C[C@H]1c1ccccc1. The maximum atomic E-state index is 12.0. The van der Waals surface area contributed by atoms with Crippen LogP contribution in [0.25, 0.3) is 0 Å². The fourth-order valence-electron chi connectivity index (χ4n) is 2.35. The molecule has 1 aliphatic carbocycles. The molecule has 20 heavy (non-hydrogen) atoms. The van der Waals surface area contributed by atoms with E-state index in [0.717, 1.165) is 12.0 Å². The molecule has 100 valence electrons. The second-order valence-corrected chi connectivity index (χ2v) is 5.00. The lowest BCUT2D eigenvalue weighted by molar-refractivity contribution is -0.122. The van der Waals surface area contributed by atoms with Crippen LogP contribution in [0.15, 0.2) is 65.8 Å². The van der Waals surface area contributed by atoms with Crippen molar-refractivity contribution in [2.45, 2.75) is 12.3 Å². The first-order valence-electron chi connectivity index (χ1n) is 6.77. The van der Waals surface area contributed by atoms with E-state index in [-0.39, 0.29) is 11.8 Å². The third-order valence-electron chi connectivity index (χ3n) is 3.54. The van der Waals surface area contributed by atoms with Crippen LogP contribution in [0.1, 0.15) is 23.5 Å². The van der Waals surface area contributed by atoms with E-state index in [4.69, 9.17) is 0 Å². The van der Waals surface area contributed by atoms with E-state index in [1.54, 1.807) is 6.21 Å². The summed E-state index contributed by atoms with van der Waals surface area (Å²) in [7, 11) is 0. The Morgan fingerprint density at radius 2 is 1.70 bits per heavy atom. The predicted octanol–water partition coefficient (Wildman–Crippen LogP) is 2.94. The van der Waals surface area contributed by atoms with Crippen LogP contribution in [0.2, 0.25) is 0 Å². The zero-order valence-electron chi connectivity index (χ0n) is 11.1. The topological polar surface area (TPSA) is 41.5 Å². The van der Waals surface area contributed by atoms with Gasteiger partial charge in [0.15, 0.2) is 0 Å². The molecular formula is C17H16N2O. The molecule has 2 atom stereocenters. The van der Waals surface area contributed by atoms with Gasteiger partial charge >= 0.3 is 0 Å². The number of nitrogens with one attached hydrogen (secondary N) is 1. The average molecular weight is 264 g/mol. The van der Waals surface area contributed by atoms with E-state index in [0.29, 0.717) is 5.92 Å². The van der Waals surface area contributed by atoms with Gasteiger partial charge in [-0.25, -0.2) is 5.43 Å². The Labute approximate surface area is 118 Å². The summed E-state index contributed by atoms with van der Waals surface area (Å²) in [6, 6.07) is 19.9. The second kappa shape index (κ2) is 5.70. The zero-order chi connectivity index (χ0) is 13.8. The first kappa shape index (κ1) is 12.6. The van der Waals surface area contributed by atoms with Gasteiger partial charge in [0.25, 0.3) is 0 Å². The maximum Gasteiger partial charge on any atom is 0.243 e. The van der Waals surface area contributed by atoms with Gasteiger partial charge in [-0.15, -0.1) is 0 Å². The average Bonchev–Trinajstić information content (AvgIpc) is 3.30. The van der Waals surface area contributed by atoms with Crippen LogP contribution in [0.5, 0.6) is 0 Å². The molecule has 0 aromatic heterocycles. The summed E-state index contributed by atoms with van der Waals surface area (Å²) in [5.74, 6) is 0.416. The summed E-state index contributed by atoms with van der Waals surface area (Å²) in [6.45, 7) is 0. The molecule has 0 spiro atoms. The standard InChI is InChI=1S/C17H16N2O/c20-17(19-18-12-13-7-3-1-4-8-13)16-11-15(16)14-9-5-2-6-10-14/h1-10,12,15-16H,11H2,(H,19,20)/b18-12+/t15-,16+/m0/s1. The Hall–Kier alpha value is -2.42. The number of carbonyl (C=O) groups is 1. The van der Waals surface area contributed by atoms with Crippen molar-refractivity contribution in [3.8, 4) is 0 Å². The Bertz CT molecular complexity index is 607. The first-order valence-corrected chi connectivity index (χ1v) is 6.77. The summed E-state index contributed by atoms with van der Waals surface area (Å²) in [4.78, 5) is 12.0. The summed E-state index contributed by atoms with van der Waals surface area (Å²) in [5.41, 5.74) is 4.83. The number of hydrogen-bond acceptors (Lipinski definition) is 2. The van der Waals surface area contributed by atoms with E-state index in [2.05, 4.69) is 22.7 Å². The minimum Gasteiger partial charge on any atom is -0.273 e. The van der Waals surface area contributed by atoms with E-state index in [9.17, 15) is 4.79 Å². The molecule has 2 aromatic rings. The summed E-state index contributed by atoms with van der Waals surface area (Å²) in [6.07, 6.45) is 2.58. The van der Waals surface area contributed by atoms with Crippen LogP contribution in [0, 0.1) is 5.92 Å². The van der Waals surface area contributed by atoms with Crippen molar-refractivity contribution in [2.24, 2.45) is 11.0 Å². The maximum absolute atomic E-state index is 12.0. The highest BCUT2D eigenvalue weighted by molar-refractivity contribution is 5.85. The van der Waals surface area contributed by atoms with Crippen molar-refractivity contribution in [1.82, 2.24) is 5.43 Å². The summed E-state index contributed by atoms with van der Waals surface area (Å²) < 4.78 is 0. The third kappa shape index (κ3) is 2.94. The molecular weight excluding hydrogens is 248 g/mol. The van der Waals surface area contributed by atoms with Crippen LogP contribution in [0.4, 0.5) is 0 Å². The van der Waals surface area contributed by atoms with Crippen LogP contribution in [-0.2, 0) is 4.79 Å². The van der Waals surface area contributed by atoms with Gasteiger partial charge in [-0.2, -0.15) is 5.10 Å². The molecule has 0 saturated heterocycles. The van der Waals surface area contributed by atoms with Gasteiger partial charge in [0.05, 0.1) is 6.21 Å². The molecule has 0 radical (unpaired) electrons. The number of benzene rings is 2. The van der Waals surface area contributed by atoms with Crippen LogP contribution < -0.4 is 5.43 Å². The number of rotatable bonds is 4. The molecule has 1 saturated carbocycles. The smallest absolute Gasteiger partial charge is 0.243 e. The molecule has 0 bridgehead atoms. The van der Waals surface area contributed by atoms with Crippen molar-refractivity contribution in [3.63, 3.8) is 0 Å². The van der Waals surface area contributed by atoms with Crippen molar-refractivity contribution >= 4 is 12.1 Å². The molecule has 2 aromatic carbocycles. The van der Waals surface area contributed by atoms with E-state index in [1.807, 2.05) is 48.5 Å². The molecule has 1 aliphatic rings. The number of nitrogens with zero attached hydrogens (tertiary/aromatic N) is 1. The number of amides is 1. The number of hydrazone groups is 1. The fourth-order valence-corrected chi connectivity index (χ4v) is 2.35. The Morgan fingerprint density at radius 1 is 1.05 bits per heavy atom. The number of carbonyl (C=O) groups excluding carboxylic acids is 1. The van der Waals surface area contributed by atoms with Gasteiger partial charge in [0.2, 0.25) is 5.91 Å². The van der Waals surface area contributed by atoms with Gasteiger partial charge in [-0.3, -0.25) is 4.79 Å². The summed E-state index contributed by atoms with van der Waals surface area (Å²) >= 11 is 0. The number of hydrogen-bond donors (Lipinski definition) is 1. The van der Waals surface area contributed by atoms with Crippen molar-refractivity contribution in [1.29, 1.82) is 0 Å². The highest BCUT2D eigenvalue weighted by atomic mass is 16.2. The van der Waals surface area contributed by atoms with Gasteiger partial charge in [-0.05, 0) is 23.5 Å². The molecule has 3 nitrogen and oxygen atoms in total. The quantitative estimate of drug-likeness (QED) is 0.669. The highest BCUT2D eigenvalue weighted by Gasteiger charge is 2.43. The van der Waals surface area contributed by atoms with Gasteiger partial charge < -0.3 is 0 Å². The Morgan fingerprint density at radius 3 is 2.40 bits per heavy atom. The second-order valence-electron chi connectivity index (χ2n) is 5.00. The molecule has 1 amide bonds. The molecule has 0 aliphatic heterocycles. The van der Waals surface area contributed by atoms with Gasteiger partial charge in [-0.1, -0.05) is 60.7 Å². The van der Waals surface area contributed by atoms with Gasteiger partial charge in [0, 0.05) is 5.92 Å². The minimum atomic E-state index is 0.00559. The van der Waals surface area contributed by atoms with E-state index < -0.39 is 0 Å². The monoisotopic (exact) mass is 264 g/mol. The van der Waals surface area contributed by atoms with Crippen LogP contribution >= 0.6 is 0 Å². The van der Waals surface area contributed by atoms with Crippen molar-refractivity contribution in [3.05, 3.63) is 71.8 Å². The first-order chi connectivity index (χ1) is 9.84. The zero-order valence-corrected chi connectivity index (χ0v) is 11.1. The predicted molar refractivity (Wildman–Crippen MR) is 79.5 cm³/mol. The lowest BCUT2D eigenvalue weighted by atomic mass is 10.1. The lowest BCUT2D eigenvalue weighted by Crippen LogP contribution is -2.20. The fraction of sp³-hybridized carbons (Fsp3) is 0.176. The summed E-state index contributed by atoms with van der Waals surface area (Å²) in [5, 5.41) is 4.01. The van der Waals surface area contributed by atoms with Crippen molar-refractivity contribution in [2.75, 3.05) is 0 Å². The molecule has 3 heteroatoms. The molecule has 3 rings (SSSR count). The lowest BCUT2D eigenvalue weighted by Gasteiger charge is -2.00. The van der Waals surface area contributed by atoms with E-state index in [1.165, 1.54) is 5.56 Å². The normalized spacial score (nSPS) is 20.8. The van der Waals surface area contributed by atoms with Crippen LogP contribution in [-0.4, -0.2) is 12.1 Å². The Kier molecular flexibility index (Phi) is 3.59. The molecule has 1 fully saturated rings. The molecule has 1 N–H and O–H groups in total. The largest absolute Gasteiger partial charge is 0.273 e. The Balaban J connectivity index is 1.53. The molecule has 0 unspecified atom stereocenters. The minimum absolute atomic E-state index is 0.00559. The van der Waals surface area contributed by atoms with Crippen molar-refractivity contribution < 1.29 is 4.79 Å². The third-order valence-corrected chi connectivity index (χ3v) is 3.54.